The lowest BCUT2D eigenvalue weighted by atomic mass is 9.65. The maximum Gasteiger partial charge on any atom is 0.119 e. The van der Waals surface area contributed by atoms with Crippen molar-refractivity contribution in [2.24, 2.45) is 0 Å². The van der Waals surface area contributed by atoms with Gasteiger partial charge < -0.3 is 19.7 Å². The van der Waals surface area contributed by atoms with E-state index in [9.17, 15) is 10.2 Å². The summed E-state index contributed by atoms with van der Waals surface area (Å²) in [5.74, 6) is 1.57. The fourth-order valence-electron chi connectivity index (χ4n) is 6.68. The zero-order valence-electron chi connectivity index (χ0n) is 24.0. The Bertz CT molecular complexity index is 1930. The van der Waals surface area contributed by atoms with Crippen LogP contribution >= 0.6 is 0 Å². The Morgan fingerprint density at radius 3 is 1.65 bits per heavy atom. The van der Waals surface area contributed by atoms with Crippen molar-refractivity contribution in [2.75, 3.05) is 26.4 Å². The summed E-state index contributed by atoms with van der Waals surface area (Å²) < 4.78 is 11.8. The lowest BCUT2D eigenvalue weighted by Crippen LogP contribution is -2.35. The number of benzene rings is 5. The molecule has 0 aliphatic heterocycles. The van der Waals surface area contributed by atoms with Crippen LogP contribution in [0.3, 0.4) is 0 Å². The van der Waals surface area contributed by atoms with Crippen molar-refractivity contribution in [1.29, 1.82) is 0 Å². The van der Waals surface area contributed by atoms with E-state index < -0.39 is 5.41 Å². The second kappa shape index (κ2) is 11.6. The highest BCUT2D eigenvalue weighted by Gasteiger charge is 2.41. The normalized spacial score (nSPS) is 14.7. The van der Waals surface area contributed by atoms with Crippen molar-refractivity contribution in [1.82, 2.24) is 0 Å². The molecule has 2 aliphatic carbocycles. The Hall–Kier alpha value is -4.64. The highest BCUT2D eigenvalue weighted by Crippen LogP contribution is 2.48. The predicted molar refractivity (Wildman–Crippen MR) is 174 cm³/mol. The number of fused-ring (bicyclic) bond motifs is 7. The SMILES string of the molecule is OCCCOc1ccc(C2(c3ccc(OCCCO)cc3)C=CC=C3C=c4c(c5ccccc5c5ccccc45)=C32)cc1. The van der Waals surface area contributed by atoms with Crippen molar-refractivity contribution in [3.63, 3.8) is 0 Å². The molecule has 5 aromatic carbocycles. The van der Waals surface area contributed by atoms with E-state index in [1.807, 2.05) is 24.3 Å². The van der Waals surface area contributed by atoms with Gasteiger partial charge in [-0.2, -0.15) is 0 Å². The van der Waals surface area contributed by atoms with Gasteiger partial charge in [0, 0.05) is 26.1 Å². The van der Waals surface area contributed by atoms with Crippen LogP contribution in [0.5, 0.6) is 11.5 Å². The summed E-state index contributed by atoms with van der Waals surface area (Å²) in [6.07, 6.45) is 10.3. The lowest BCUT2D eigenvalue weighted by molar-refractivity contribution is 0.233. The van der Waals surface area contributed by atoms with Gasteiger partial charge in [-0.3, -0.25) is 0 Å². The van der Waals surface area contributed by atoms with Crippen LogP contribution in [-0.2, 0) is 5.41 Å². The average Bonchev–Trinajstić information content (AvgIpc) is 3.47. The van der Waals surface area contributed by atoms with Crippen LogP contribution in [0.2, 0.25) is 0 Å². The smallest absolute Gasteiger partial charge is 0.119 e. The molecular weight excluding hydrogens is 532 g/mol. The summed E-state index contributed by atoms with van der Waals surface area (Å²) in [5.41, 5.74) is 4.21. The Labute approximate surface area is 251 Å². The summed E-state index contributed by atoms with van der Waals surface area (Å²) in [6.45, 7) is 1.17. The first-order valence-electron chi connectivity index (χ1n) is 15.0. The van der Waals surface area contributed by atoms with Gasteiger partial charge in [0.2, 0.25) is 0 Å². The molecule has 5 aromatic rings. The fourth-order valence-corrected chi connectivity index (χ4v) is 6.68. The third-order valence-corrected chi connectivity index (χ3v) is 8.59. The van der Waals surface area contributed by atoms with Crippen LogP contribution in [0.4, 0.5) is 0 Å². The predicted octanol–water partition coefficient (Wildman–Crippen LogP) is 5.94. The van der Waals surface area contributed by atoms with Gasteiger partial charge >= 0.3 is 0 Å². The van der Waals surface area contributed by atoms with Crippen molar-refractivity contribution in [3.8, 4) is 11.5 Å². The van der Waals surface area contributed by atoms with Gasteiger partial charge in [-0.25, -0.2) is 0 Å². The molecule has 0 heterocycles. The lowest BCUT2D eigenvalue weighted by Gasteiger charge is -2.37. The highest BCUT2D eigenvalue weighted by atomic mass is 16.5. The van der Waals surface area contributed by atoms with Gasteiger partial charge in [0.05, 0.1) is 18.6 Å². The van der Waals surface area contributed by atoms with Crippen LogP contribution < -0.4 is 19.9 Å². The molecule has 0 spiro atoms. The zero-order valence-corrected chi connectivity index (χ0v) is 24.0. The van der Waals surface area contributed by atoms with Gasteiger partial charge in [0.15, 0.2) is 0 Å². The molecule has 0 amide bonds. The van der Waals surface area contributed by atoms with E-state index >= 15 is 0 Å². The van der Waals surface area contributed by atoms with E-state index in [0.717, 1.165) is 22.6 Å². The molecule has 2 N–H and O–H groups in total. The Balaban J connectivity index is 1.50. The summed E-state index contributed by atoms with van der Waals surface area (Å²) >= 11 is 0. The van der Waals surface area contributed by atoms with Crippen LogP contribution in [0.25, 0.3) is 33.2 Å². The number of hydrogen-bond donors (Lipinski definition) is 2. The van der Waals surface area contributed by atoms with Gasteiger partial charge in [-0.05, 0) is 84.6 Å². The van der Waals surface area contributed by atoms with E-state index in [1.54, 1.807) is 0 Å². The van der Waals surface area contributed by atoms with E-state index in [1.165, 1.54) is 43.1 Å². The molecule has 0 aromatic heterocycles. The van der Waals surface area contributed by atoms with E-state index in [0.29, 0.717) is 26.1 Å². The average molecular weight is 567 g/mol. The molecule has 43 heavy (non-hydrogen) atoms. The first kappa shape index (κ1) is 27.2. The van der Waals surface area contributed by atoms with Crippen molar-refractivity contribution >= 4 is 33.2 Å². The van der Waals surface area contributed by atoms with Crippen LogP contribution in [-0.4, -0.2) is 36.6 Å². The van der Waals surface area contributed by atoms with Crippen LogP contribution in [0, 0.1) is 0 Å². The van der Waals surface area contributed by atoms with Crippen molar-refractivity contribution in [3.05, 3.63) is 142 Å². The van der Waals surface area contributed by atoms with E-state index in [-0.39, 0.29) is 13.2 Å². The molecule has 4 nitrogen and oxygen atoms in total. The van der Waals surface area contributed by atoms with Crippen LogP contribution in [0.1, 0.15) is 24.0 Å². The van der Waals surface area contributed by atoms with Crippen molar-refractivity contribution < 1.29 is 19.7 Å². The van der Waals surface area contributed by atoms with Gasteiger partial charge in [0.1, 0.15) is 11.5 Å². The first-order chi connectivity index (χ1) is 21.2. The molecule has 2 aliphatic rings. The molecule has 7 rings (SSSR count). The number of aliphatic hydroxyl groups excluding tert-OH is 2. The summed E-state index contributed by atoms with van der Waals surface area (Å²) in [7, 11) is 0. The molecule has 0 saturated carbocycles. The second-order valence-corrected chi connectivity index (χ2v) is 11.1. The quantitative estimate of drug-likeness (QED) is 0.162. The monoisotopic (exact) mass is 566 g/mol. The molecule has 0 fully saturated rings. The maximum atomic E-state index is 9.19. The molecular formula is C39H34O4. The van der Waals surface area contributed by atoms with Crippen LogP contribution in [0.15, 0.2) is 121 Å². The van der Waals surface area contributed by atoms with E-state index in [2.05, 4.69) is 97.1 Å². The summed E-state index contributed by atoms with van der Waals surface area (Å²) in [4.78, 5) is 0. The maximum absolute atomic E-state index is 9.19. The number of rotatable bonds is 10. The Morgan fingerprint density at radius 1 is 0.581 bits per heavy atom. The molecule has 0 saturated heterocycles. The van der Waals surface area contributed by atoms with Crippen molar-refractivity contribution in [2.45, 2.75) is 18.3 Å². The minimum Gasteiger partial charge on any atom is -0.494 e. The number of hydrogen-bond acceptors (Lipinski definition) is 4. The number of ether oxygens (including phenoxy) is 2. The molecule has 4 heteroatoms. The Morgan fingerprint density at radius 2 is 1.09 bits per heavy atom. The Kier molecular flexibility index (Phi) is 7.32. The van der Waals surface area contributed by atoms with E-state index in [4.69, 9.17) is 9.47 Å². The number of aliphatic hydroxyl groups is 2. The van der Waals surface area contributed by atoms with Gasteiger partial charge in [-0.15, -0.1) is 0 Å². The number of allylic oxidation sites excluding steroid dienone is 4. The minimum absolute atomic E-state index is 0.109. The summed E-state index contributed by atoms with van der Waals surface area (Å²) in [6, 6.07) is 34.3. The largest absolute Gasteiger partial charge is 0.494 e. The zero-order chi connectivity index (χ0) is 29.2. The first-order valence-corrected chi connectivity index (χ1v) is 15.0. The molecule has 214 valence electrons. The molecule has 0 atom stereocenters. The standard InChI is InChI=1S/C39H34O4/c40-22-6-24-42-30-17-13-28(14-18-30)39(29-15-19-31(20-16-29)43-25-7-23-41)21-5-8-27-26-36-34-11-2-1-9-32(34)33-10-3-4-12-35(33)37(36)38(27)39/h1-5,8-21,26,40-41H,6-7,22-25H2. The third-order valence-electron chi connectivity index (χ3n) is 8.59. The fraction of sp³-hybridized carbons (Fsp3) is 0.179. The topological polar surface area (TPSA) is 58.9 Å². The minimum atomic E-state index is -0.565. The second-order valence-electron chi connectivity index (χ2n) is 11.1. The highest BCUT2D eigenvalue weighted by molar-refractivity contribution is 6.12. The molecule has 0 bridgehead atoms. The third kappa shape index (κ3) is 4.64. The molecule has 0 radical (unpaired) electrons. The molecule has 0 unspecified atom stereocenters. The van der Waals surface area contributed by atoms with Gasteiger partial charge in [0.25, 0.3) is 0 Å². The van der Waals surface area contributed by atoms with Gasteiger partial charge in [-0.1, -0.05) is 91.0 Å². The summed E-state index contributed by atoms with van der Waals surface area (Å²) in [5, 5.41) is 25.9.